The molecule has 1 amide bonds. The Balaban J connectivity index is 1.69. The number of carbonyl (C=O) groups is 1. The number of thiophene rings is 1. The van der Waals surface area contributed by atoms with E-state index in [4.69, 9.17) is 0 Å². The number of thiazole rings is 1. The van der Waals surface area contributed by atoms with Gasteiger partial charge in [0.15, 0.2) is 0 Å². The van der Waals surface area contributed by atoms with Gasteiger partial charge in [-0.1, -0.05) is 26.8 Å². The predicted octanol–water partition coefficient (Wildman–Crippen LogP) is 4.71. The third-order valence-corrected chi connectivity index (χ3v) is 6.39. The summed E-state index contributed by atoms with van der Waals surface area (Å²) >= 11 is 2.99. The lowest BCUT2D eigenvalue weighted by Gasteiger charge is -2.13. The van der Waals surface area contributed by atoms with Crippen molar-refractivity contribution in [2.75, 3.05) is 5.32 Å². The molecule has 1 N–H and O–H groups in total. The smallest absolute Gasteiger partial charge is 0.268 e. The first-order chi connectivity index (χ1) is 13.8. The summed E-state index contributed by atoms with van der Waals surface area (Å²) in [5, 5.41) is 10.4. The fourth-order valence-corrected chi connectivity index (χ4v) is 4.43. The van der Waals surface area contributed by atoms with Crippen LogP contribution < -0.4 is 5.32 Å². The molecule has 29 heavy (non-hydrogen) atoms. The third-order valence-electron chi connectivity index (χ3n) is 4.20. The SMILES string of the molecule is Cc1nc(-c2cccs2)sc1C(=O)Nc1cc(C(C)(C)C)nn1-c1ncccn1. The molecule has 0 atom stereocenters. The van der Waals surface area contributed by atoms with E-state index < -0.39 is 0 Å². The molecule has 148 valence electrons. The Morgan fingerprint density at radius 2 is 1.93 bits per heavy atom. The van der Waals surface area contributed by atoms with Gasteiger partial charge in [0.2, 0.25) is 0 Å². The molecule has 0 fully saturated rings. The van der Waals surface area contributed by atoms with E-state index >= 15 is 0 Å². The van der Waals surface area contributed by atoms with E-state index in [1.54, 1.807) is 34.5 Å². The van der Waals surface area contributed by atoms with Crippen LogP contribution in [0.25, 0.3) is 15.8 Å². The molecule has 0 bridgehead atoms. The van der Waals surface area contributed by atoms with E-state index in [1.165, 1.54) is 11.3 Å². The van der Waals surface area contributed by atoms with Crippen LogP contribution in [-0.2, 0) is 5.41 Å². The quantitative estimate of drug-likeness (QED) is 0.513. The van der Waals surface area contributed by atoms with Crippen LogP contribution in [-0.4, -0.2) is 30.6 Å². The molecule has 4 rings (SSSR count). The maximum Gasteiger partial charge on any atom is 0.268 e. The Morgan fingerprint density at radius 1 is 1.17 bits per heavy atom. The minimum absolute atomic E-state index is 0.188. The van der Waals surface area contributed by atoms with Crippen molar-refractivity contribution in [3.8, 4) is 15.8 Å². The molecule has 0 unspecified atom stereocenters. The minimum atomic E-state index is -0.222. The highest BCUT2D eigenvalue weighted by atomic mass is 32.1. The Morgan fingerprint density at radius 3 is 2.59 bits per heavy atom. The lowest BCUT2D eigenvalue weighted by atomic mass is 9.92. The standard InChI is InChI=1S/C20H20N6OS2/c1-12-16(29-18(23-12)13-7-5-10-28-13)17(27)24-15-11-14(20(2,3)4)25-26(15)19-21-8-6-9-22-19/h5-11H,1-4H3,(H,24,27). The van der Waals surface area contributed by atoms with E-state index in [0.29, 0.717) is 22.3 Å². The molecule has 0 saturated carbocycles. The molecule has 4 aromatic rings. The number of hydrogen-bond acceptors (Lipinski definition) is 7. The van der Waals surface area contributed by atoms with Gasteiger partial charge < -0.3 is 5.32 Å². The molecule has 4 heterocycles. The highest BCUT2D eigenvalue weighted by Gasteiger charge is 2.24. The number of aryl methyl sites for hydroxylation is 1. The molecule has 0 spiro atoms. The van der Waals surface area contributed by atoms with Gasteiger partial charge >= 0.3 is 0 Å². The van der Waals surface area contributed by atoms with Gasteiger partial charge in [0.05, 0.1) is 16.3 Å². The van der Waals surface area contributed by atoms with Crippen LogP contribution in [0.5, 0.6) is 0 Å². The maximum atomic E-state index is 13.0. The number of nitrogens with one attached hydrogen (secondary N) is 1. The Bertz CT molecular complexity index is 1140. The third kappa shape index (κ3) is 3.96. The van der Waals surface area contributed by atoms with Crippen LogP contribution >= 0.6 is 22.7 Å². The van der Waals surface area contributed by atoms with E-state index in [2.05, 4.69) is 46.1 Å². The number of rotatable bonds is 4. The van der Waals surface area contributed by atoms with Crippen LogP contribution in [0.2, 0.25) is 0 Å². The molecule has 0 aliphatic rings. The number of hydrogen-bond donors (Lipinski definition) is 1. The lowest BCUT2D eigenvalue weighted by Crippen LogP contribution is -2.16. The second-order valence-corrected chi connectivity index (χ2v) is 9.44. The molecular formula is C20H20N6OS2. The number of amides is 1. The van der Waals surface area contributed by atoms with Gasteiger partial charge in [0.25, 0.3) is 11.9 Å². The average Bonchev–Trinajstić information content (AvgIpc) is 3.41. The van der Waals surface area contributed by atoms with Gasteiger partial charge in [-0.05, 0) is 24.4 Å². The van der Waals surface area contributed by atoms with Crippen molar-refractivity contribution in [1.82, 2.24) is 24.7 Å². The summed E-state index contributed by atoms with van der Waals surface area (Å²) in [6, 6.07) is 7.58. The molecule has 4 aromatic heterocycles. The first-order valence-corrected chi connectivity index (χ1v) is 10.7. The van der Waals surface area contributed by atoms with Crippen molar-refractivity contribution in [1.29, 1.82) is 0 Å². The number of carbonyl (C=O) groups excluding carboxylic acids is 1. The molecular weight excluding hydrogens is 404 g/mol. The fraction of sp³-hybridized carbons (Fsp3) is 0.250. The van der Waals surface area contributed by atoms with Crippen molar-refractivity contribution in [3.63, 3.8) is 0 Å². The maximum absolute atomic E-state index is 13.0. The van der Waals surface area contributed by atoms with Crippen LogP contribution in [0.15, 0.2) is 42.0 Å². The zero-order chi connectivity index (χ0) is 20.6. The van der Waals surface area contributed by atoms with Gasteiger partial charge in [0.1, 0.15) is 15.7 Å². The first-order valence-electron chi connectivity index (χ1n) is 9.03. The summed E-state index contributed by atoms with van der Waals surface area (Å²) in [4.78, 5) is 27.8. The van der Waals surface area contributed by atoms with Crippen LogP contribution in [0, 0.1) is 6.92 Å². The van der Waals surface area contributed by atoms with E-state index in [0.717, 1.165) is 15.6 Å². The number of aromatic nitrogens is 5. The van der Waals surface area contributed by atoms with Gasteiger partial charge in [0, 0.05) is 23.9 Å². The normalized spacial score (nSPS) is 11.6. The summed E-state index contributed by atoms with van der Waals surface area (Å²) in [7, 11) is 0. The Kier molecular flexibility index (Phi) is 5.01. The summed E-state index contributed by atoms with van der Waals surface area (Å²) in [5.41, 5.74) is 1.35. The van der Waals surface area contributed by atoms with Crippen LogP contribution in [0.3, 0.4) is 0 Å². The van der Waals surface area contributed by atoms with Crippen molar-refractivity contribution in [2.45, 2.75) is 33.1 Å². The largest absolute Gasteiger partial charge is 0.306 e. The van der Waals surface area contributed by atoms with Crippen molar-refractivity contribution in [3.05, 3.63) is 58.3 Å². The molecule has 0 radical (unpaired) electrons. The van der Waals surface area contributed by atoms with Crippen molar-refractivity contribution in [2.24, 2.45) is 0 Å². The summed E-state index contributed by atoms with van der Waals surface area (Å²) in [6.07, 6.45) is 3.29. The minimum Gasteiger partial charge on any atom is -0.306 e. The highest BCUT2D eigenvalue weighted by Crippen LogP contribution is 2.32. The second-order valence-electron chi connectivity index (χ2n) is 7.49. The lowest BCUT2D eigenvalue weighted by molar-refractivity contribution is 0.102. The van der Waals surface area contributed by atoms with Crippen LogP contribution in [0.1, 0.15) is 41.8 Å². The molecule has 7 nitrogen and oxygen atoms in total. The van der Waals surface area contributed by atoms with Gasteiger partial charge in [-0.3, -0.25) is 4.79 Å². The first kappa shape index (κ1) is 19.4. The van der Waals surface area contributed by atoms with E-state index in [-0.39, 0.29) is 11.3 Å². The summed E-state index contributed by atoms with van der Waals surface area (Å²) < 4.78 is 1.56. The van der Waals surface area contributed by atoms with E-state index in [9.17, 15) is 4.79 Å². The zero-order valence-electron chi connectivity index (χ0n) is 16.5. The number of nitrogens with zero attached hydrogens (tertiary/aromatic N) is 5. The monoisotopic (exact) mass is 424 g/mol. The van der Waals surface area contributed by atoms with Crippen molar-refractivity contribution >= 4 is 34.4 Å². The second kappa shape index (κ2) is 7.49. The molecule has 0 saturated heterocycles. The van der Waals surface area contributed by atoms with Crippen molar-refractivity contribution < 1.29 is 4.79 Å². The predicted molar refractivity (Wildman–Crippen MR) is 116 cm³/mol. The van der Waals surface area contributed by atoms with Crippen LogP contribution in [0.4, 0.5) is 5.82 Å². The molecule has 0 aliphatic carbocycles. The summed E-state index contributed by atoms with van der Waals surface area (Å²) in [5.74, 6) is 0.704. The Hall–Kier alpha value is -2.91. The fourth-order valence-electron chi connectivity index (χ4n) is 2.68. The average molecular weight is 425 g/mol. The number of anilines is 1. The summed E-state index contributed by atoms with van der Waals surface area (Å²) in [6.45, 7) is 8.05. The molecule has 0 aliphatic heterocycles. The zero-order valence-corrected chi connectivity index (χ0v) is 18.1. The van der Waals surface area contributed by atoms with E-state index in [1.807, 2.05) is 30.5 Å². The molecule has 0 aromatic carbocycles. The Labute approximate surface area is 176 Å². The topological polar surface area (TPSA) is 85.6 Å². The van der Waals surface area contributed by atoms with Gasteiger partial charge in [-0.15, -0.1) is 22.7 Å². The van der Waals surface area contributed by atoms with Gasteiger partial charge in [-0.25, -0.2) is 15.0 Å². The highest BCUT2D eigenvalue weighted by molar-refractivity contribution is 7.22. The molecule has 9 heteroatoms. The van der Waals surface area contributed by atoms with Gasteiger partial charge in [-0.2, -0.15) is 9.78 Å².